The molecule has 0 heterocycles. The number of phenols is 1. The number of aryl methyl sites for hydroxylation is 1. The molecule has 1 aliphatic carbocycles. The molecule has 3 nitrogen and oxygen atoms in total. The molecule has 128 valence electrons. The van der Waals surface area contributed by atoms with Crippen molar-refractivity contribution in [3.8, 4) is 5.75 Å². The summed E-state index contributed by atoms with van der Waals surface area (Å²) < 4.78 is 36.0. The largest absolute Gasteiger partial charge is 0.508 e. The normalized spacial score (nSPS) is 16.4. The maximum atomic E-state index is 12.0. The second kappa shape index (κ2) is 9.84. The van der Waals surface area contributed by atoms with E-state index in [9.17, 15) is 13.2 Å². The van der Waals surface area contributed by atoms with Gasteiger partial charge in [0.05, 0.1) is 5.56 Å². The zero-order chi connectivity index (χ0) is 18.0. The van der Waals surface area contributed by atoms with Crippen LogP contribution in [0.15, 0.2) is 42.0 Å². The third-order valence-corrected chi connectivity index (χ3v) is 3.19. The van der Waals surface area contributed by atoms with E-state index >= 15 is 0 Å². The van der Waals surface area contributed by atoms with E-state index in [1.807, 2.05) is 13.8 Å². The number of hydrogen-bond donors (Lipinski definition) is 2. The van der Waals surface area contributed by atoms with Crippen molar-refractivity contribution < 1.29 is 23.1 Å². The summed E-state index contributed by atoms with van der Waals surface area (Å²) in [6.07, 6.45) is 3.37. The summed E-state index contributed by atoms with van der Waals surface area (Å²) in [7, 11) is 1.99. The molecule has 6 heteroatoms. The fraction of sp³-hybridized carbons (Fsp3) is 0.353. The molecule has 0 spiro atoms. The van der Waals surface area contributed by atoms with Crippen molar-refractivity contribution in [2.45, 2.75) is 32.5 Å². The highest BCUT2D eigenvalue weighted by Gasteiger charge is 2.30. The Morgan fingerprint density at radius 2 is 1.87 bits per heavy atom. The van der Waals surface area contributed by atoms with Gasteiger partial charge in [0.25, 0.3) is 0 Å². The number of alkyl halides is 3. The third kappa shape index (κ3) is 7.65. The Morgan fingerprint density at radius 3 is 2.26 bits per heavy atom. The number of benzene rings is 1. The van der Waals surface area contributed by atoms with Crippen molar-refractivity contribution >= 4 is 6.79 Å². The minimum atomic E-state index is -4.38. The Labute approximate surface area is 134 Å². The molecule has 23 heavy (non-hydrogen) atoms. The van der Waals surface area contributed by atoms with E-state index in [1.165, 1.54) is 18.6 Å². The van der Waals surface area contributed by atoms with E-state index in [4.69, 9.17) is 9.90 Å². The predicted molar refractivity (Wildman–Crippen MR) is 85.3 cm³/mol. The van der Waals surface area contributed by atoms with Crippen LogP contribution in [-0.2, 0) is 11.0 Å². The first-order valence-corrected chi connectivity index (χ1v) is 6.92. The molecule has 2 rings (SSSR count). The van der Waals surface area contributed by atoms with Crippen LogP contribution in [0.2, 0.25) is 0 Å². The van der Waals surface area contributed by atoms with Crippen molar-refractivity contribution in [1.82, 2.24) is 5.32 Å². The lowest BCUT2D eigenvalue weighted by Gasteiger charge is -2.12. The van der Waals surface area contributed by atoms with E-state index in [-0.39, 0.29) is 5.75 Å². The number of phenolic OH excluding ortho intramolecular Hbond substituents is 1. The summed E-state index contributed by atoms with van der Waals surface area (Å²) in [4.78, 5) is 8.00. The summed E-state index contributed by atoms with van der Waals surface area (Å²) in [5.74, 6) is -0.329. The zero-order valence-corrected chi connectivity index (χ0v) is 13.4. The molecular formula is C17H22F3NO2. The van der Waals surface area contributed by atoms with Crippen LogP contribution >= 0.6 is 0 Å². The molecule has 0 amide bonds. The SMILES string of the molecule is C=O.CNC1C=CC(C)=CC1.Cc1ccc(C(F)(F)F)cc1O. The van der Waals surface area contributed by atoms with Gasteiger partial charge in [0.1, 0.15) is 12.5 Å². The maximum absolute atomic E-state index is 12.0. The number of allylic oxidation sites excluding steroid dienone is 2. The number of likely N-dealkylation sites (N-methyl/N-ethyl adjacent to an activating group) is 1. The van der Waals surface area contributed by atoms with Crippen LogP contribution in [0.3, 0.4) is 0 Å². The molecule has 1 unspecified atom stereocenters. The first kappa shape index (κ1) is 20.9. The van der Waals surface area contributed by atoms with Crippen LogP contribution < -0.4 is 5.32 Å². The summed E-state index contributed by atoms with van der Waals surface area (Å²) in [6, 6.07) is 3.46. The van der Waals surface area contributed by atoms with E-state index in [0.29, 0.717) is 11.6 Å². The number of rotatable bonds is 1. The van der Waals surface area contributed by atoms with Gasteiger partial charge in [0.15, 0.2) is 0 Å². The number of carbonyl (C=O) groups excluding carboxylic acids is 1. The van der Waals surface area contributed by atoms with Crippen molar-refractivity contribution in [2.75, 3.05) is 7.05 Å². The molecule has 0 aromatic heterocycles. The Morgan fingerprint density at radius 1 is 1.26 bits per heavy atom. The number of hydrogen-bond acceptors (Lipinski definition) is 3. The Bertz CT molecular complexity index is 551. The van der Waals surface area contributed by atoms with Gasteiger partial charge < -0.3 is 15.2 Å². The van der Waals surface area contributed by atoms with Gasteiger partial charge in [-0.15, -0.1) is 0 Å². The van der Waals surface area contributed by atoms with E-state index in [1.54, 1.807) is 0 Å². The quantitative estimate of drug-likeness (QED) is 0.818. The molecule has 1 aromatic rings. The van der Waals surface area contributed by atoms with E-state index < -0.39 is 11.7 Å². The lowest BCUT2D eigenvalue weighted by Crippen LogP contribution is -2.22. The Kier molecular flexibility index (Phi) is 8.95. The van der Waals surface area contributed by atoms with Gasteiger partial charge >= 0.3 is 6.18 Å². The molecule has 0 radical (unpaired) electrons. The second-order valence-corrected chi connectivity index (χ2v) is 4.94. The van der Waals surface area contributed by atoms with Gasteiger partial charge in [-0.05, 0) is 45.0 Å². The molecule has 1 aliphatic rings. The predicted octanol–water partition coefficient (Wildman–Crippen LogP) is 4.02. The minimum Gasteiger partial charge on any atom is -0.508 e. The third-order valence-electron chi connectivity index (χ3n) is 3.19. The van der Waals surface area contributed by atoms with E-state index in [0.717, 1.165) is 18.6 Å². The number of aromatic hydroxyl groups is 1. The van der Waals surface area contributed by atoms with Crippen molar-refractivity contribution in [3.05, 3.63) is 53.1 Å². The number of nitrogens with one attached hydrogen (secondary N) is 1. The number of carbonyl (C=O) groups is 1. The molecular weight excluding hydrogens is 307 g/mol. The van der Waals surface area contributed by atoms with Crippen molar-refractivity contribution in [3.63, 3.8) is 0 Å². The van der Waals surface area contributed by atoms with Crippen molar-refractivity contribution in [2.24, 2.45) is 0 Å². The molecule has 2 N–H and O–H groups in total. The molecule has 0 bridgehead atoms. The fourth-order valence-corrected chi connectivity index (χ4v) is 1.73. The summed E-state index contributed by atoms with van der Waals surface area (Å²) >= 11 is 0. The van der Waals surface area contributed by atoms with Gasteiger partial charge in [-0.25, -0.2) is 0 Å². The summed E-state index contributed by atoms with van der Waals surface area (Å²) in [6.45, 7) is 5.66. The standard InChI is InChI=1S/C8H7F3O.C8H13N.CH2O/c1-5-2-3-6(4-7(5)12)8(9,10)11;1-7-3-5-8(9-2)6-4-7;1-2/h2-4,12H,1H3;3-5,8-9H,6H2,1-2H3;1H2. The van der Waals surface area contributed by atoms with Crippen LogP contribution in [0, 0.1) is 6.92 Å². The smallest absolute Gasteiger partial charge is 0.416 e. The average molecular weight is 329 g/mol. The van der Waals surface area contributed by atoms with Crippen LogP contribution in [0.1, 0.15) is 24.5 Å². The topological polar surface area (TPSA) is 49.3 Å². The number of halogens is 3. The lowest BCUT2D eigenvalue weighted by atomic mass is 10.0. The monoisotopic (exact) mass is 329 g/mol. The first-order chi connectivity index (χ1) is 10.7. The van der Waals surface area contributed by atoms with Crippen LogP contribution in [0.25, 0.3) is 0 Å². The van der Waals surface area contributed by atoms with E-state index in [2.05, 4.69) is 30.5 Å². The highest BCUT2D eigenvalue weighted by Crippen LogP contribution is 2.32. The van der Waals surface area contributed by atoms with Gasteiger partial charge in [-0.3, -0.25) is 0 Å². The second-order valence-electron chi connectivity index (χ2n) is 4.94. The molecule has 0 saturated heterocycles. The molecule has 0 aliphatic heterocycles. The minimum absolute atomic E-state index is 0.329. The highest BCUT2D eigenvalue weighted by atomic mass is 19.4. The van der Waals surface area contributed by atoms with Gasteiger partial charge in [-0.2, -0.15) is 13.2 Å². The zero-order valence-electron chi connectivity index (χ0n) is 13.4. The average Bonchev–Trinajstić information content (AvgIpc) is 2.52. The molecule has 1 atom stereocenters. The fourth-order valence-electron chi connectivity index (χ4n) is 1.73. The van der Waals surface area contributed by atoms with Crippen LogP contribution in [0.5, 0.6) is 5.75 Å². The highest BCUT2D eigenvalue weighted by molar-refractivity contribution is 5.36. The van der Waals surface area contributed by atoms with Crippen LogP contribution in [-0.4, -0.2) is 25.0 Å². The van der Waals surface area contributed by atoms with Gasteiger partial charge in [0.2, 0.25) is 0 Å². The molecule has 1 aromatic carbocycles. The summed E-state index contributed by atoms with van der Waals surface area (Å²) in [5.41, 5.74) is 0.982. The maximum Gasteiger partial charge on any atom is 0.416 e. The Hall–Kier alpha value is -2.08. The molecule has 0 fully saturated rings. The summed E-state index contributed by atoms with van der Waals surface area (Å²) in [5, 5.41) is 12.2. The van der Waals surface area contributed by atoms with Gasteiger partial charge in [0, 0.05) is 6.04 Å². The van der Waals surface area contributed by atoms with Gasteiger partial charge in [-0.1, -0.05) is 29.9 Å². The first-order valence-electron chi connectivity index (χ1n) is 6.92. The molecule has 0 saturated carbocycles. The van der Waals surface area contributed by atoms with Crippen molar-refractivity contribution in [1.29, 1.82) is 0 Å². The van der Waals surface area contributed by atoms with Crippen LogP contribution in [0.4, 0.5) is 13.2 Å². The lowest BCUT2D eigenvalue weighted by molar-refractivity contribution is -0.137. The Balaban J connectivity index is 0.000000392.